The van der Waals surface area contributed by atoms with E-state index in [1.165, 1.54) is 42.3 Å². The maximum atomic E-state index is 12.5. The maximum Gasteiger partial charge on any atom is 0.410 e. The summed E-state index contributed by atoms with van der Waals surface area (Å²) >= 11 is 11.6. The Hall–Kier alpha value is -2.20. The van der Waals surface area contributed by atoms with Gasteiger partial charge in [0.25, 0.3) is 0 Å². The second-order valence-corrected chi connectivity index (χ2v) is 10.1. The molecule has 2 aromatic rings. The zero-order valence-corrected chi connectivity index (χ0v) is 19.6. The molecule has 0 radical (unpaired) electrons. The van der Waals surface area contributed by atoms with Gasteiger partial charge in [0.2, 0.25) is 0 Å². The van der Waals surface area contributed by atoms with Crippen LogP contribution in [0, 0.1) is 0 Å². The fourth-order valence-electron chi connectivity index (χ4n) is 2.43. The van der Waals surface area contributed by atoms with Crippen molar-refractivity contribution in [1.82, 2.24) is 4.90 Å². The van der Waals surface area contributed by atoms with Gasteiger partial charge in [-0.1, -0.05) is 35.3 Å². The number of rotatable bonds is 6. The Balaban J connectivity index is 2.10. The number of aliphatic hydroxyl groups is 1. The van der Waals surface area contributed by atoms with Crippen molar-refractivity contribution >= 4 is 39.4 Å². The maximum absolute atomic E-state index is 12.5. The van der Waals surface area contributed by atoms with Crippen molar-refractivity contribution in [2.24, 2.45) is 0 Å². The van der Waals surface area contributed by atoms with Crippen LogP contribution in [-0.2, 0) is 14.9 Å². The molecule has 0 saturated carbocycles. The molecule has 0 aromatic heterocycles. The predicted molar refractivity (Wildman–Crippen MR) is 116 cm³/mol. The average Bonchev–Trinajstić information content (AvgIpc) is 2.63. The number of likely N-dealkylation sites (N-methyl/N-ethyl adjacent to an activating group) is 1. The largest absolute Gasteiger partial charge is 0.505 e. The number of nitrogens with zero attached hydrogens (tertiary/aromatic N) is 1. The minimum Gasteiger partial charge on any atom is -0.505 e. The molecule has 31 heavy (non-hydrogen) atoms. The molecule has 2 aromatic carbocycles. The van der Waals surface area contributed by atoms with Crippen molar-refractivity contribution in [3.05, 3.63) is 52.0 Å². The summed E-state index contributed by atoms with van der Waals surface area (Å²) in [4.78, 5) is 12.7. The molecule has 170 valence electrons. The molecule has 1 unspecified atom stereocenters. The number of hydrogen-bond donors (Lipinski definition) is 2. The number of halogens is 2. The average molecular weight is 492 g/mol. The lowest BCUT2D eigenvalue weighted by atomic mass is 10.1. The molecular weight excluding hydrogens is 469 g/mol. The fraction of sp³-hybridized carbons (Fsp3) is 0.350. The highest BCUT2D eigenvalue weighted by molar-refractivity contribution is 7.87. The molecule has 0 heterocycles. The number of ether oxygens (including phenoxy) is 1. The van der Waals surface area contributed by atoms with Gasteiger partial charge in [-0.05, 0) is 50.6 Å². The number of amides is 1. The third-order valence-corrected chi connectivity index (χ3v) is 5.65. The Morgan fingerprint density at radius 3 is 2.29 bits per heavy atom. The van der Waals surface area contributed by atoms with Crippen LogP contribution in [0.3, 0.4) is 0 Å². The number of aliphatic hydroxyl groups excluding tert-OH is 1. The van der Waals surface area contributed by atoms with E-state index in [4.69, 9.17) is 32.1 Å². The Bertz CT molecular complexity index is 1050. The Morgan fingerprint density at radius 1 is 1.16 bits per heavy atom. The summed E-state index contributed by atoms with van der Waals surface area (Å²) in [6, 6.07) is 7.76. The van der Waals surface area contributed by atoms with Crippen LogP contribution in [0.4, 0.5) is 4.79 Å². The third-order valence-electron chi connectivity index (χ3n) is 3.89. The molecule has 1 amide bonds. The summed E-state index contributed by atoms with van der Waals surface area (Å²) in [6.45, 7) is 5.17. The van der Waals surface area contributed by atoms with Crippen LogP contribution in [0.1, 0.15) is 32.4 Å². The molecule has 8 nitrogen and oxygen atoms in total. The summed E-state index contributed by atoms with van der Waals surface area (Å²) in [7, 11) is -2.93. The molecular formula is C20H23Cl2NO7S. The third kappa shape index (κ3) is 6.90. The lowest BCUT2D eigenvalue weighted by Crippen LogP contribution is -2.36. The number of phenolic OH excluding ortho intramolecular Hbond substituents is 1. The first-order valence-electron chi connectivity index (χ1n) is 9.04. The lowest BCUT2D eigenvalue weighted by molar-refractivity contribution is 0.0205. The van der Waals surface area contributed by atoms with Crippen molar-refractivity contribution in [2.75, 3.05) is 13.6 Å². The molecule has 0 saturated heterocycles. The van der Waals surface area contributed by atoms with Crippen LogP contribution < -0.4 is 4.18 Å². The van der Waals surface area contributed by atoms with Crippen LogP contribution in [-0.4, -0.2) is 48.8 Å². The van der Waals surface area contributed by atoms with Crippen molar-refractivity contribution in [3.8, 4) is 11.5 Å². The molecule has 2 rings (SSSR count). The molecule has 0 aliphatic carbocycles. The molecule has 2 N–H and O–H groups in total. The number of hydrogen-bond acceptors (Lipinski definition) is 7. The SMILES string of the molecule is CN(CC(O)c1ccc(OS(=O)(=O)c2cc(Cl)cc(Cl)c2O)cc1)C(=O)OC(C)(C)C. The summed E-state index contributed by atoms with van der Waals surface area (Å²) in [5.74, 6) is -0.741. The predicted octanol–water partition coefficient (Wildman–Crippen LogP) is 4.37. The molecule has 1 atom stereocenters. The molecule has 0 aliphatic heterocycles. The first-order chi connectivity index (χ1) is 14.2. The lowest BCUT2D eigenvalue weighted by Gasteiger charge is -2.26. The quantitative estimate of drug-likeness (QED) is 0.576. The van der Waals surface area contributed by atoms with Crippen LogP contribution in [0.25, 0.3) is 0 Å². The van der Waals surface area contributed by atoms with Crippen molar-refractivity contribution in [3.63, 3.8) is 0 Å². The first kappa shape index (κ1) is 25.1. The highest BCUT2D eigenvalue weighted by Gasteiger charge is 2.25. The van der Waals surface area contributed by atoms with Gasteiger partial charge in [-0.2, -0.15) is 8.42 Å². The van der Waals surface area contributed by atoms with Gasteiger partial charge in [0.05, 0.1) is 17.7 Å². The minimum absolute atomic E-state index is 0.0116. The van der Waals surface area contributed by atoms with E-state index in [1.54, 1.807) is 20.8 Å². The smallest absolute Gasteiger partial charge is 0.410 e. The monoisotopic (exact) mass is 491 g/mol. The van der Waals surface area contributed by atoms with E-state index in [1.807, 2.05) is 0 Å². The fourth-order valence-corrected chi connectivity index (χ4v) is 4.12. The van der Waals surface area contributed by atoms with E-state index in [0.717, 1.165) is 6.07 Å². The zero-order valence-electron chi connectivity index (χ0n) is 17.3. The van der Waals surface area contributed by atoms with Gasteiger partial charge in [-0.3, -0.25) is 0 Å². The van der Waals surface area contributed by atoms with E-state index >= 15 is 0 Å². The van der Waals surface area contributed by atoms with Crippen LogP contribution in [0.2, 0.25) is 10.0 Å². The van der Waals surface area contributed by atoms with Gasteiger partial charge < -0.3 is 24.0 Å². The molecule has 0 fully saturated rings. The zero-order chi connectivity index (χ0) is 23.6. The molecule has 0 bridgehead atoms. The summed E-state index contributed by atoms with van der Waals surface area (Å²) < 4.78 is 35.2. The van der Waals surface area contributed by atoms with Gasteiger partial charge in [0, 0.05) is 12.1 Å². The molecule has 0 aliphatic rings. The number of carbonyl (C=O) groups is 1. The van der Waals surface area contributed by atoms with Gasteiger partial charge in [-0.15, -0.1) is 0 Å². The summed E-state index contributed by atoms with van der Waals surface area (Å²) in [6.07, 6.45) is -1.63. The molecule has 11 heteroatoms. The number of phenols is 1. The van der Waals surface area contributed by atoms with E-state index in [-0.39, 0.29) is 22.3 Å². The summed E-state index contributed by atoms with van der Waals surface area (Å²) in [5.41, 5.74) is -0.239. The van der Waals surface area contributed by atoms with Crippen LogP contribution in [0.5, 0.6) is 11.5 Å². The Labute approximate surface area is 191 Å². The number of carbonyl (C=O) groups excluding carboxylic acids is 1. The van der Waals surface area contributed by atoms with Crippen molar-refractivity contribution in [1.29, 1.82) is 0 Å². The molecule has 0 spiro atoms. The second-order valence-electron chi connectivity index (χ2n) is 7.72. The second kappa shape index (κ2) is 9.52. The van der Waals surface area contributed by atoms with E-state index < -0.39 is 38.6 Å². The summed E-state index contributed by atoms with van der Waals surface area (Å²) in [5, 5.41) is 20.1. The minimum atomic E-state index is -4.42. The van der Waals surface area contributed by atoms with Crippen LogP contribution in [0.15, 0.2) is 41.3 Å². The normalized spacial score (nSPS) is 12.9. The van der Waals surface area contributed by atoms with E-state index in [2.05, 4.69) is 0 Å². The topological polar surface area (TPSA) is 113 Å². The van der Waals surface area contributed by atoms with E-state index in [0.29, 0.717) is 5.56 Å². The van der Waals surface area contributed by atoms with E-state index in [9.17, 15) is 23.4 Å². The van der Waals surface area contributed by atoms with Crippen molar-refractivity contribution in [2.45, 2.75) is 37.4 Å². The number of aromatic hydroxyl groups is 1. The van der Waals surface area contributed by atoms with Gasteiger partial charge in [0.15, 0.2) is 10.6 Å². The first-order valence-corrected chi connectivity index (χ1v) is 11.2. The van der Waals surface area contributed by atoms with Crippen molar-refractivity contribution < 1.29 is 32.3 Å². The standard InChI is InChI=1S/C20H23Cl2NO7S/c1-20(2,3)29-19(26)23(4)11-16(24)12-5-7-14(8-6-12)30-31(27,28)17-10-13(21)9-15(22)18(17)25/h5-10,16,24-25H,11H2,1-4H3. The Morgan fingerprint density at radius 2 is 1.74 bits per heavy atom. The highest BCUT2D eigenvalue weighted by Crippen LogP contribution is 2.35. The van der Waals surface area contributed by atoms with Crippen LogP contribution >= 0.6 is 23.2 Å². The van der Waals surface area contributed by atoms with Gasteiger partial charge in [0.1, 0.15) is 11.4 Å². The van der Waals surface area contributed by atoms with Gasteiger partial charge >= 0.3 is 16.2 Å². The number of benzene rings is 2. The van der Waals surface area contributed by atoms with Gasteiger partial charge in [-0.25, -0.2) is 4.79 Å². The highest BCUT2D eigenvalue weighted by atomic mass is 35.5. The Kier molecular flexibility index (Phi) is 7.70.